The van der Waals surface area contributed by atoms with Crippen molar-refractivity contribution in [2.45, 2.75) is 32.2 Å². The number of hydrogen-bond acceptors (Lipinski definition) is 4. The summed E-state index contributed by atoms with van der Waals surface area (Å²) in [6.07, 6.45) is 2.57. The minimum atomic E-state index is -0.295. The number of halogens is 2. The van der Waals surface area contributed by atoms with Crippen molar-refractivity contribution < 1.29 is 18.3 Å². The number of benzene rings is 2. The molecule has 0 spiro atoms. The van der Waals surface area contributed by atoms with E-state index in [4.69, 9.17) is 9.47 Å². The van der Waals surface area contributed by atoms with Crippen LogP contribution in [-0.4, -0.2) is 32.1 Å². The van der Waals surface area contributed by atoms with Crippen molar-refractivity contribution in [1.82, 2.24) is 10.6 Å². The van der Waals surface area contributed by atoms with Gasteiger partial charge in [-0.05, 0) is 60.6 Å². The molecule has 0 amide bonds. The highest BCUT2D eigenvalue weighted by atomic mass is 32.2. The lowest BCUT2D eigenvalue weighted by Gasteiger charge is -2.21. The first-order valence-electron chi connectivity index (χ1n) is 9.91. The van der Waals surface area contributed by atoms with Crippen molar-refractivity contribution in [3.8, 4) is 5.75 Å². The SMILES string of the molecule is CCNC(=NCc1ccc(F)cc1CSC)NCCc1cc(F)cc2c1OCOC2. The maximum Gasteiger partial charge on any atom is 0.191 e. The zero-order valence-electron chi connectivity index (χ0n) is 17.3. The molecule has 0 aliphatic carbocycles. The highest BCUT2D eigenvalue weighted by Crippen LogP contribution is 2.29. The van der Waals surface area contributed by atoms with Crippen LogP contribution in [0.3, 0.4) is 0 Å². The van der Waals surface area contributed by atoms with E-state index in [1.807, 2.05) is 13.2 Å². The van der Waals surface area contributed by atoms with E-state index in [0.717, 1.165) is 28.0 Å². The first-order valence-corrected chi connectivity index (χ1v) is 11.3. The predicted octanol–water partition coefficient (Wildman–Crippen LogP) is 3.99. The van der Waals surface area contributed by atoms with E-state index < -0.39 is 0 Å². The molecule has 0 aromatic heterocycles. The molecule has 2 aromatic carbocycles. The molecule has 0 saturated carbocycles. The smallest absolute Gasteiger partial charge is 0.191 e. The normalized spacial score (nSPS) is 13.5. The standard InChI is InChI=1S/C22H27F2N3O2S/c1-3-25-22(27-11-16-4-5-19(23)10-18(16)13-30-2)26-7-6-15-8-20(24)9-17-12-28-14-29-21(15)17/h4-5,8-10H,3,6-7,11-14H2,1-2H3,(H2,25,26,27). The van der Waals surface area contributed by atoms with E-state index in [-0.39, 0.29) is 18.4 Å². The molecule has 3 rings (SSSR count). The second-order valence-electron chi connectivity index (χ2n) is 6.88. The average molecular weight is 436 g/mol. The van der Waals surface area contributed by atoms with Gasteiger partial charge < -0.3 is 20.1 Å². The average Bonchev–Trinajstić information content (AvgIpc) is 2.73. The fraction of sp³-hybridized carbons (Fsp3) is 0.409. The van der Waals surface area contributed by atoms with Gasteiger partial charge in [0.2, 0.25) is 0 Å². The Morgan fingerprint density at radius 1 is 1.10 bits per heavy atom. The third-order valence-electron chi connectivity index (χ3n) is 4.66. The van der Waals surface area contributed by atoms with Crippen molar-refractivity contribution >= 4 is 17.7 Å². The molecule has 0 saturated heterocycles. The molecule has 1 aliphatic rings. The van der Waals surface area contributed by atoms with Crippen molar-refractivity contribution in [2.75, 3.05) is 26.1 Å². The van der Waals surface area contributed by atoms with Gasteiger partial charge in [0.1, 0.15) is 17.4 Å². The van der Waals surface area contributed by atoms with Crippen LogP contribution in [0.1, 0.15) is 29.2 Å². The Kier molecular flexibility index (Phi) is 8.33. The fourth-order valence-electron chi connectivity index (χ4n) is 3.30. The highest BCUT2D eigenvalue weighted by molar-refractivity contribution is 7.97. The van der Waals surface area contributed by atoms with Crippen LogP contribution in [0, 0.1) is 11.6 Å². The molecule has 162 valence electrons. The predicted molar refractivity (Wildman–Crippen MR) is 117 cm³/mol. The number of aliphatic imine (C=N–C) groups is 1. The van der Waals surface area contributed by atoms with Gasteiger partial charge in [0.15, 0.2) is 12.8 Å². The summed E-state index contributed by atoms with van der Waals surface area (Å²) in [5.74, 6) is 1.57. The van der Waals surface area contributed by atoms with E-state index in [9.17, 15) is 8.78 Å². The van der Waals surface area contributed by atoms with Crippen LogP contribution in [0.2, 0.25) is 0 Å². The quantitative estimate of drug-likeness (QED) is 0.485. The Morgan fingerprint density at radius 2 is 1.93 bits per heavy atom. The lowest BCUT2D eigenvalue weighted by molar-refractivity contribution is -0.0172. The fourth-order valence-corrected chi connectivity index (χ4v) is 3.88. The minimum Gasteiger partial charge on any atom is -0.467 e. The zero-order valence-corrected chi connectivity index (χ0v) is 18.1. The molecule has 0 bridgehead atoms. The Hall–Kier alpha value is -2.32. The lowest BCUT2D eigenvalue weighted by Crippen LogP contribution is -2.38. The van der Waals surface area contributed by atoms with E-state index in [1.165, 1.54) is 18.2 Å². The number of nitrogens with zero attached hydrogens (tertiary/aromatic N) is 1. The summed E-state index contributed by atoms with van der Waals surface area (Å²) in [4.78, 5) is 4.63. The largest absolute Gasteiger partial charge is 0.467 e. The van der Waals surface area contributed by atoms with Gasteiger partial charge >= 0.3 is 0 Å². The first kappa shape index (κ1) is 22.4. The summed E-state index contributed by atoms with van der Waals surface area (Å²) in [5.41, 5.74) is 3.48. The Balaban J connectivity index is 1.65. The number of nitrogens with one attached hydrogen (secondary N) is 2. The number of guanidine groups is 1. The Morgan fingerprint density at radius 3 is 2.73 bits per heavy atom. The van der Waals surface area contributed by atoms with Gasteiger partial charge in [-0.3, -0.25) is 0 Å². The van der Waals surface area contributed by atoms with E-state index in [0.29, 0.717) is 44.4 Å². The van der Waals surface area contributed by atoms with Crippen molar-refractivity contribution in [3.05, 3.63) is 64.2 Å². The number of fused-ring (bicyclic) bond motifs is 1. The van der Waals surface area contributed by atoms with E-state index >= 15 is 0 Å². The molecule has 0 unspecified atom stereocenters. The molecule has 8 heteroatoms. The Bertz CT molecular complexity index is 893. The Labute approximate surface area is 180 Å². The molecule has 5 nitrogen and oxygen atoms in total. The molecule has 0 atom stereocenters. The second-order valence-corrected chi connectivity index (χ2v) is 7.75. The third kappa shape index (κ3) is 6.09. The molecular weight excluding hydrogens is 408 g/mol. The number of ether oxygens (including phenoxy) is 2. The molecule has 0 radical (unpaired) electrons. The summed E-state index contributed by atoms with van der Waals surface area (Å²) in [5, 5.41) is 6.49. The molecular formula is C22H27F2N3O2S. The third-order valence-corrected chi connectivity index (χ3v) is 5.26. The van der Waals surface area contributed by atoms with Crippen molar-refractivity contribution in [3.63, 3.8) is 0 Å². The van der Waals surface area contributed by atoms with Gasteiger partial charge in [-0.25, -0.2) is 13.8 Å². The summed E-state index contributed by atoms with van der Waals surface area (Å²) >= 11 is 1.65. The highest BCUT2D eigenvalue weighted by Gasteiger charge is 2.16. The molecule has 1 heterocycles. The summed E-state index contributed by atoms with van der Waals surface area (Å²) < 4.78 is 38.3. The van der Waals surface area contributed by atoms with E-state index in [1.54, 1.807) is 23.9 Å². The maximum atomic E-state index is 13.9. The van der Waals surface area contributed by atoms with E-state index in [2.05, 4.69) is 15.6 Å². The van der Waals surface area contributed by atoms with Crippen LogP contribution in [0.15, 0.2) is 35.3 Å². The van der Waals surface area contributed by atoms with Crippen LogP contribution >= 0.6 is 11.8 Å². The van der Waals surface area contributed by atoms with Crippen molar-refractivity contribution in [2.24, 2.45) is 4.99 Å². The summed E-state index contributed by atoms with van der Waals surface area (Å²) in [6, 6.07) is 7.77. The number of thioether (sulfide) groups is 1. The van der Waals surface area contributed by atoms with Gasteiger partial charge in [0.25, 0.3) is 0 Å². The topological polar surface area (TPSA) is 54.9 Å². The summed E-state index contributed by atoms with van der Waals surface area (Å²) in [6.45, 7) is 4.25. The lowest BCUT2D eigenvalue weighted by atomic mass is 10.1. The van der Waals surface area contributed by atoms with Gasteiger partial charge in [-0.2, -0.15) is 11.8 Å². The van der Waals surface area contributed by atoms with Crippen molar-refractivity contribution in [1.29, 1.82) is 0 Å². The molecule has 2 aromatic rings. The molecule has 2 N–H and O–H groups in total. The van der Waals surface area contributed by atoms with Gasteiger partial charge in [-0.15, -0.1) is 0 Å². The minimum absolute atomic E-state index is 0.180. The van der Waals surface area contributed by atoms with Crippen LogP contribution in [0.25, 0.3) is 0 Å². The number of rotatable bonds is 8. The first-order chi connectivity index (χ1) is 14.6. The number of hydrogen-bond donors (Lipinski definition) is 2. The molecule has 30 heavy (non-hydrogen) atoms. The van der Waals surface area contributed by atoms with Crippen LogP contribution in [-0.2, 0) is 30.1 Å². The molecule has 0 fully saturated rings. The molecule has 1 aliphatic heterocycles. The monoisotopic (exact) mass is 435 g/mol. The summed E-state index contributed by atoms with van der Waals surface area (Å²) in [7, 11) is 0. The van der Waals surface area contributed by atoms with Gasteiger partial charge in [0.05, 0.1) is 13.2 Å². The maximum absolute atomic E-state index is 13.9. The van der Waals surface area contributed by atoms with Gasteiger partial charge in [0, 0.05) is 24.4 Å². The van der Waals surface area contributed by atoms with Crippen LogP contribution in [0.4, 0.5) is 8.78 Å². The van der Waals surface area contributed by atoms with Crippen LogP contribution < -0.4 is 15.4 Å². The van der Waals surface area contributed by atoms with Crippen LogP contribution in [0.5, 0.6) is 5.75 Å². The van der Waals surface area contributed by atoms with Gasteiger partial charge in [-0.1, -0.05) is 6.07 Å². The zero-order chi connectivity index (χ0) is 21.3. The second kappa shape index (κ2) is 11.2.